The molecule has 0 aliphatic rings. The van der Waals surface area contributed by atoms with Crippen LogP contribution in [0.3, 0.4) is 0 Å². The van der Waals surface area contributed by atoms with E-state index in [0.717, 1.165) is 22.6 Å². The SMILES string of the molecule is CCC(=O)Nc1ccc(C)c(NC(C)c2cscn2)c1. The molecule has 1 amide bonds. The predicted octanol–water partition coefficient (Wildman–Crippen LogP) is 3.97. The summed E-state index contributed by atoms with van der Waals surface area (Å²) >= 11 is 1.59. The van der Waals surface area contributed by atoms with Crippen LogP contribution in [0.4, 0.5) is 11.4 Å². The minimum atomic E-state index is 0.0207. The van der Waals surface area contributed by atoms with Gasteiger partial charge in [-0.1, -0.05) is 13.0 Å². The number of rotatable bonds is 5. The fraction of sp³-hybridized carbons (Fsp3) is 0.333. The lowest BCUT2D eigenvalue weighted by atomic mass is 10.1. The minimum Gasteiger partial charge on any atom is -0.377 e. The predicted molar refractivity (Wildman–Crippen MR) is 84.3 cm³/mol. The Balaban J connectivity index is 2.14. The number of carbonyl (C=O) groups excluding carboxylic acids is 1. The molecule has 0 saturated carbocycles. The molecular formula is C15H19N3OS. The largest absolute Gasteiger partial charge is 0.377 e. The first-order valence-electron chi connectivity index (χ1n) is 6.65. The zero-order chi connectivity index (χ0) is 14.5. The van der Waals surface area contributed by atoms with Gasteiger partial charge in [0.2, 0.25) is 5.91 Å². The number of thiazole rings is 1. The molecule has 2 rings (SSSR count). The van der Waals surface area contributed by atoms with Crippen molar-refractivity contribution in [3.63, 3.8) is 0 Å². The van der Waals surface area contributed by atoms with Crippen LogP contribution in [0.1, 0.15) is 37.6 Å². The van der Waals surface area contributed by atoms with Gasteiger partial charge < -0.3 is 10.6 Å². The van der Waals surface area contributed by atoms with Crippen LogP contribution in [0, 0.1) is 6.92 Å². The average Bonchev–Trinajstić information content (AvgIpc) is 2.96. The smallest absolute Gasteiger partial charge is 0.224 e. The highest BCUT2D eigenvalue weighted by Gasteiger charge is 2.09. The fourth-order valence-electron chi connectivity index (χ4n) is 1.85. The van der Waals surface area contributed by atoms with Crippen LogP contribution in [0.15, 0.2) is 29.1 Å². The lowest BCUT2D eigenvalue weighted by molar-refractivity contribution is -0.115. The molecule has 0 bridgehead atoms. The van der Waals surface area contributed by atoms with E-state index in [2.05, 4.69) is 22.5 Å². The number of anilines is 2. The Kier molecular flexibility index (Phi) is 4.74. The van der Waals surface area contributed by atoms with E-state index in [4.69, 9.17) is 0 Å². The van der Waals surface area contributed by atoms with Gasteiger partial charge in [-0.3, -0.25) is 4.79 Å². The van der Waals surface area contributed by atoms with Gasteiger partial charge >= 0.3 is 0 Å². The molecule has 1 unspecified atom stereocenters. The number of aryl methyl sites for hydroxylation is 1. The second kappa shape index (κ2) is 6.52. The van der Waals surface area contributed by atoms with Gasteiger partial charge in [0.15, 0.2) is 0 Å². The molecule has 4 nitrogen and oxygen atoms in total. The van der Waals surface area contributed by atoms with E-state index in [-0.39, 0.29) is 11.9 Å². The Morgan fingerprint density at radius 2 is 2.25 bits per heavy atom. The van der Waals surface area contributed by atoms with Crippen LogP contribution in [-0.4, -0.2) is 10.9 Å². The van der Waals surface area contributed by atoms with Crippen molar-refractivity contribution in [2.24, 2.45) is 0 Å². The third kappa shape index (κ3) is 3.57. The monoisotopic (exact) mass is 289 g/mol. The molecule has 0 radical (unpaired) electrons. The molecule has 1 heterocycles. The molecule has 2 N–H and O–H groups in total. The van der Waals surface area contributed by atoms with E-state index in [1.165, 1.54) is 0 Å². The summed E-state index contributed by atoms with van der Waals surface area (Å²) in [6.45, 7) is 5.96. The first-order valence-corrected chi connectivity index (χ1v) is 7.59. The molecule has 20 heavy (non-hydrogen) atoms. The van der Waals surface area contributed by atoms with Gasteiger partial charge in [0.25, 0.3) is 0 Å². The Hall–Kier alpha value is -1.88. The van der Waals surface area contributed by atoms with Crippen molar-refractivity contribution in [3.8, 4) is 0 Å². The highest BCUT2D eigenvalue weighted by atomic mass is 32.1. The van der Waals surface area contributed by atoms with Crippen LogP contribution in [-0.2, 0) is 4.79 Å². The molecule has 0 saturated heterocycles. The summed E-state index contributed by atoms with van der Waals surface area (Å²) in [4.78, 5) is 15.8. The highest BCUT2D eigenvalue weighted by molar-refractivity contribution is 7.07. The summed E-state index contributed by atoms with van der Waals surface area (Å²) in [6, 6.07) is 6.02. The van der Waals surface area contributed by atoms with Crippen molar-refractivity contribution in [2.45, 2.75) is 33.2 Å². The zero-order valence-electron chi connectivity index (χ0n) is 11.9. The summed E-state index contributed by atoms with van der Waals surface area (Å²) in [7, 11) is 0. The van der Waals surface area contributed by atoms with Gasteiger partial charge in [-0.15, -0.1) is 11.3 Å². The normalized spacial score (nSPS) is 11.9. The molecule has 0 aliphatic heterocycles. The van der Waals surface area contributed by atoms with Gasteiger partial charge in [0.1, 0.15) is 0 Å². The van der Waals surface area contributed by atoms with E-state index in [9.17, 15) is 4.79 Å². The number of nitrogens with one attached hydrogen (secondary N) is 2. The summed E-state index contributed by atoms with van der Waals surface area (Å²) in [6.07, 6.45) is 0.478. The zero-order valence-corrected chi connectivity index (χ0v) is 12.8. The second-order valence-electron chi connectivity index (χ2n) is 4.71. The van der Waals surface area contributed by atoms with Crippen LogP contribution in [0.2, 0.25) is 0 Å². The molecule has 0 fully saturated rings. The van der Waals surface area contributed by atoms with Crippen LogP contribution >= 0.6 is 11.3 Å². The first kappa shape index (κ1) is 14.5. The maximum Gasteiger partial charge on any atom is 0.224 e. The van der Waals surface area contributed by atoms with Crippen molar-refractivity contribution in [1.82, 2.24) is 4.98 Å². The van der Waals surface area contributed by atoms with Gasteiger partial charge in [0, 0.05) is 23.2 Å². The molecule has 1 aromatic heterocycles. The highest BCUT2D eigenvalue weighted by Crippen LogP contribution is 2.25. The van der Waals surface area contributed by atoms with E-state index in [1.54, 1.807) is 11.3 Å². The maximum absolute atomic E-state index is 11.4. The average molecular weight is 289 g/mol. The number of carbonyl (C=O) groups is 1. The molecule has 1 aromatic carbocycles. The molecule has 1 atom stereocenters. The molecule has 0 spiro atoms. The van der Waals surface area contributed by atoms with Crippen LogP contribution in [0.5, 0.6) is 0 Å². The van der Waals surface area contributed by atoms with Gasteiger partial charge in [-0.2, -0.15) is 0 Å². The van der Waals surface area contributed by atoms with E-state index < -0.39 is 0 Å². The Labute approximate surface area is 123 Å². The Morgan fingerprint density at radius 1 is 1.45 bits per heavy atom. The lowest BCUT2D eigenvalue weighted by Gasteiger charge is -2.16. The van der Waals surface area contributed by atoms with Gasteiger partial charge in [-0.05, 0) is 31.5 Å². The van der Waals surface area contributed by atoms with E-state index in [0.29, 0.717) is 6.42 Å². The van der Waals surface area contributed by atoms with Crippen molar-refractivity contribution < 1.29 is 4.79 Å². The standard InChI is InChI=1S/C15H19N3OS/c1-4-15(19)18-12-6-5-10(2)13(7-12)17-11(3)14-8-20-9-16-14/h5-9,11,17H,4H2,1-3H3,(H,18,19). The topological polar surface area (TPSA) is 54.0 Å². The lowest BCUT2D eigenvalue weighted by Crippen LogP contribution is -2.11. The van der Waals surface area contributed by atoms with E-state index in [1.807, 2.05) is 42.9 Å². The quantitative estimate of drug-likeness (QED) is 0.875. The van der Waals surface area contributed by atoms with Crippen molar-refractivity contribution in [2.75, 3.05) is 10.6 Å². The summed E-state index contributed by atoms with van der Waals surface area (Å²) < 4.78 is 0. The molecule has 5 heteroatoms. The number of nitrogens with zero attached hydrogens (tertiary/aromatic N) is 1. The number of hydrogen-bond donors (Lipinski definition) is 2. The second-order valence-corrected chi connectivity index (χ2v) is 5.43. The minimum absolute atomic E-state index is 0.0207. The first-order chi connectivity index (χ1) is 9.60. The number of hydrogen-bond acceptors (Lipinski definition) is 4. The third-order valence-corrected chi connectivity index (χ3v) is 3.71. The summed E-state index contributed by atoms with van der Waals surface area (Å²) in [5.74, 6) is 0.0207. The van der Waals surface area contributed by atoms with E-state index >= 15 is 0 Å². The van der Waals surface area contributed by atoms with Crippen LogP contribution in [0.25, 0.3) is 0 Å². The fourth-order valence-corrected chi connectivity index (χ4v) is 2.50. The maximum atomic E-state index is 11.4. The van der Waals surface area contributed by atoms with Crippen molar-refractivity contribution >= 4 is 28.6 Å². The molecule has 0 aliphatic carbocycles. The number of amides is 1. The number of benzene rings is 1. The third-order valence-electron chi connectivity index (χ3n) is 3.11. The Morgan fingerprint density at radius 3 is 2.90 bits per heavy atom. The molecular weight excluding hydrogens is 270 g/mol. The van der Waals surface area contributed by atoms with Gasteiger partial charge in [0.05, 0.1) is 17.2 Å². The summed E-state index contributed by atoms with van der Waals surface area (Å²) in [5.41, 5.74) is 5.83. The molecule has 2 aromatic rings. The molecule has 106 valence electrons. The summed E-state index contributed by atoms with van der Waals surface area (Å²) in [5, 5.41) is 8.35. The van der Waals surface area contributed by atoms with Crippen LogP contribution < -0.4 is 10.6 Å². The van der Waals surface area contributed by atoms with Gasteiger partial charge in [-0.25, -0.2) is 4.98 Å². The van der Waals surface area contributed by atoms with Crippen molar-refractivity contribution in [3.05, 3.63) is 40.3 Å². The van der Waals surface area contributed by atoms with Crippen molar-refractivity contribution in [1.29, 1.82) is 0 Å². The Bertz CT molecular complexity index is 581. The number of aromatic nitrogens is 1.